The van der Waals surface area contributed by atoms with E-state index in [0.717, 1.165) is 36.1 Å². The lowest BCUT2D eigenvalue weighted by Crippen LogP contribution is -2.44. The van der Waals surface area contributed by atoms with Gasteiger partial charge in [0.15, 0.2) is 11.5 Å². The van der Waals surface area contributed by atoms with E-state index < -0.39 is 12.1 Å². The predicted octanol–water partition coefficient (Wildman–Crippen LogP) is 6.70. The molecule has 0 aromatic heterocycles. The number of rotatable bonds is 20. The van der Waals surface area contributed by atoms with Crippen molar-refractivity contribution in [2.75, 3.05) is 34.0 Å². The second-order valence-corrected chi connectivity index (χ2v) is 14.1. The molecule has 248 valence electrons. The molecule has 0 saturated heterocycles. The summed E-state index contributed by atoms with van der Waals surface area (Å²) in [4.78, 5) is 13.4. The zero-order chi connectivity index (χ0) is 32.9. The first-order chi connectivity index (χ1) is 20.8. The zero-order valence-electron chi connectivity index (χ0n) is 28.2. The maximum Gasteiger partial charge on any atom is 0.223 e. The minimum Gasteiger partial charge on any atom is -0.493 e. The maximum absolute atomic E-state index is 13.4. The second-order valence-electron chi connectivity index (χ2n) is 13.6. The number of hydrogen-bond acceptors (Lipinski definition) is 6. The Bertz CT molecular complexity index is 1140. The SMILES string of the molecule is COCCCOc1cc(C[C@@H](C[C@H](N)[C@@H](O)C[C@H](C(=O)NCC(C)(C)Cc2cccc(Cl)c2)C(C)C)C(C)C)ccc1OC. The molecule has 8 heteroatoms. The Hall–Kier alpha value is -2.32. The molecule has 0 aliphatic carbocycles. The molecule has 1 amide bonds. The lowest BCUT2D eigenvalue weighted by molar-refractivity contribution is -0.128. The van der Waals surface area contributed by atoms with Crippen molar-refractivity contribution < 1.29 is 24.1 Å². The Morgan fingerprint density at radius 1 is 0.977 bits per heavy atom. The number of hydrogen-bond donors (Lipinski definition) is 3. The monoisotopic (exact) mass is 632 g/mol. The molecule has 0 fully saturated rings. The number of carbonyl (C=O) groups is 1. The van der Waals surface area contributed by atoms with Gasteiger partial charge in [-0.3, -0.25) is 4.79 Å². The molecule has 7 nitrogen and oxygen atoms in total. The lowest BCUT2D eigenvalue weighted by atomic mass is 9.80. The van der Waals surface area contributed by atoms with E-state index in [0.29, 0.717) is 49.3 Å². The normalized spacial score (nSPS) is 14.8. The Kier molecular flexibility index (Phi) is 16.0. The summed E-state index contributed by atoms with van der Waals surface area (Å²) in [6.45, 7) is 14.4. The topological polar surface area (TPSA) is 103 Å². The number of amides is 1. The first kappa shape index (κ1) is 37.9. The fraction of sp³-hybridized carbons (Fsp3) is 0.639. The largest absolute Gasteiger partial charge is 0.493 e. The number of benzene rings is 2. The third-order valence-corrected chi connectivity index (χ3v) is 8.67. The van der Waals surface area contributed by atoms with Gasteiger partial charge < -0.3 is 30.4 Å². The summed E-state index contributed by atoms with van der Waals surface area (Å²) >= 11 is 6.17. The molecule has 44 heavy (non-hydrogen) atoms. The van der Waals surface area contributed by atoms with Crippen molar-refractivity contribution in [2.45, 2.75) is 85.8 Å². The summed E-state index contributed by atoms with van der Waals surface area (Å²) in [5, 5.41) is 15.1. The highest BCUT2D eigenvalue weighted by Crippen LogP contribution is 2.32. The highest BCUT2D eigenvalue weighted by Gasteiger charge is 2.31. The number of carbonyl (C=O) groups excluding carboxylic acids is 1. The molecule has 2 aromatic rings. The third-order valence-electron chi connectivity index (χ3n) is 8.44. The number of nitrogens with two attached hydrogens (primary N) is 1. The predicted molar refractivity (Wildman–Crippen MR) is 181 cm³/mol. The number of methoxy groups -OCH3 is 2. The van der Waals surface area contributed by atoms with Crippen LogP contribution in [0, 0.1) is 29.1 Å². The van der Waals surface area contributed by atoms with Crippen LogP contribution < -0.4 is 20.5 Å². The van der Waals surface area contributed by atoms with Gasteiger partial charge in [-0.15, -0.1) is 0 Å². The Morgan fingerprint density at radius 3 is 2.32 bits per heavy atom. The first-order valence-corrected chi connectivity index (χ1v) is 16.4. The zero-order valence-corrected chi connectivity index (χ0v) is 29.0. The van der Waals surface area contributed by atoms with Crippen molar-refractivity contribution in [3.05, 3.63) is 58.6 Å². The summed E-state index contributed by atoms with van der Waals surface area (Å²) in [7, 11) is 3.32. The molecular formula is C36H57ClN2O5. The van der Waals surface area contributed by atoms with Gasteiger partial charge in [0.1, 0.15) is 0 Å². The number of nitrogens with one attached hydrogen (secondary N) is 1. The molecule has 0 heterocycles. The number of halogens is 1. The fourth-order valence-electron chi connectivity index (χ4n) is 5.58. The van der Waals surface area contributed by atoms with Gasteiger partial charge in [-0.25, -0.2) is 0 Å². The van der Waals surface area contributed by atoms with Crippen LogP contribution in [0.25, 0.3) is 0 Å². The van der Waals surface area contributed by atoms with Gasteiger partial charge in [0.05, 0.1) is 19.8 Å². The summed E-state index contributed by atoms with van der Waals surface area (Å²) < 4.78 is 16.6. The molecule has 0 saturated carbocycles. The molecule has 0 spiro atoms. The van der Waals surface area contributed by atoms with Crippen LogP contribution in [0.5, 0.6) is 11.5 Å². The number of ether oxygens (including phenoxy) is 3. The van der Waals surface area contributed by atoms with Gasteiger partial charge in [0.25, 0.3) is 0 Å². The Morgan fingerprint density at radius 2 is 1.70 bits per heavy atom. The number of aliphatic hydroxyl groups excluding tert-OH is 1. The van der Waals surface area contributed by atoms with Crippen LogP contribution in [0.15, 0.2) is 42.5 Å². The Balaban J connectivity index is 2.00. The van der Waals surface area contributed by atoms with Crippen molar-refractivity contribution in [3.8, 4) is 11.5 Å². The van der Waals surface area contributed by atoms with Gasteiger partial charge in [-0.05, 0) is 84.2 Å². The minimum atomic E-state index is -0.788. The highest BCUT2D eigenvalue weighted by molar-refractivity contribution is 6.30. The average molecular weight is 633 g/mol. The van der Waals surface area contributed by atoms with Crippen LogP contribution in [0.1, 0.15) is 71.9 Å². The summed E-state index contributed by atoms with van der Waals surface area (Å²) in [6, 6.07) is 13.4. The van der Waals surface area contributed by atoms with Crippen molar-refractivity contribution >= 4 is 17.5 Å². The minimum absolute atomic E-state index is 0.0397. The van der Waals surface area contributed by atoms with Crippen molar-refractivity contribution in [2.24, 2.45) is 34.8 Å². The molecule has 0 aliphatic rings. The fourth-order valence-corrected chi connectivity index (χ4v) is 5.80. The van der Waals surface area contributed by atoms with E-state index in [1.165, 1.54) is 0 Å². The summed E-state index contributed by atoms with van der Waals surface area (Å²) in [5.74, 6) is 1.70. The number of aliphatic hydroxyl groups is 1. The maximum atomic E-state index is 13.4. The molecular weight excluding hydrogens is 576 g/mol. The van der Waals surface area contributed by atoms with Crippen LogP contribution in [0.3, 0.4) is 0 Å². The molecule has 4 atom stereocenters. The molecule has 0 unspecified atom stereocenters. The summed E-state index contributed by atoms with van der Waals surface area (Å²) in [6.07, 6.45) is 2.57. The first-order valence-electron chi connectivity index (χ1n) is 16.0. The van der Waals surface area contributed by atoms with Gasteiger partial charge in [-0.1, -0.05) is 71.3 Å². The third kappa shape index (κ3) is 13.0. The smallest absolute Gasteiger partial charge is 0.223 e. The van der Waals surface area contributed by atoms with E-state index in [9.17, 15) is 9.90 Å². The van der Waals surface area contributed by atoms with Gasteiger partial charge in [0.2, 0.25) is 5.91 Å². The second kappa shape index (κ2) is 18.6. The quantitative estimate of drug-likeness (QED) is 0.140. The van der Waals surface area contributed by atoms with Gasteiger partial charge >= 0.3 is 0 Å². The van der Waals surface area contributed by atoms with E-state index in [1.807, 2.05) is 44.2 Å². The molecule has 0 aliphatic heterocycles. The van der Waals surface area contributed by atoms with Crippen molar-refractivity contribution in [3.63, 3.8) is 0 Å². The summed E-state index contributed by atoms with van der Waals surface area (Å²) in [5.41, 5.74) is 8.74. The molecule has 0 radical (unpaired) electrons. The van der Waals surface area contributed by atoms with E-state index in [2.05, 4.69) is 45.1 Å². The molecule has 0 bridgehead atoms. The van der Waals surface area contributed by atoms with Crippen LogP contribution in [0.4, 0.5) is 0 Å². The average Bonchev–Trinajstić information content (AvgIpc) is 2.96. The van der Waals surface area contributed by atoms with E-state index in [1.54, 1.807) is 14.2 Å². The van der Waals surface area contributed by atoms with E-state index in [4.69, 9.17) is 31.5 Å². The standard InChI is InChI=1S/C36H57ClN2O5/c1-24(2)28(17-26-13-14-33(43-8)34(19-26)44-16-10-15-42-7)20-31(38)32(40)21-30(25(3)4)35(41)39-23-36(5,6)22-27-11-9-12-29(37)18-27/h9,11-14,18-19,24-25,28,30-32,40H,10,15-17,20-23,38H2,1-8H3,(H,39,41)/t28-,30-,31-,32-/m0/s1. The van der Waals surface area contributed by atoms with E-state index in [-0.39, 0.29) is 29.1 Å². The van der Waals surface area contributed by atoms with Crippen LogP contribution in [-0.4, -0.2) is 57.1 Å². The molecule has 2 aromatic carbocycles. The Labute approximate surface area is 271 Å². The molecule has 4 N–H and O–H groups in total. The van der Waals surface area contributed by atoms with Crippen LogP contribution >= 0.6 is 11.6 Å². The van der Waals surface area contributed by atoms with Crippen LogP contribution in [0.2, 0.25) is 5.02 Å². The highest BCUT2D eigenvalue weighted by atomic mass is 35.5. The van der Waals surface area contributed by atoms with E-state index >= 15 is 0 Å². The lowest BCUT2D eigenvalue weighted by Gasteiger charge is -2.31. The van der Waals surface area contributed by atoms with Crippen molar-refractivity contribution in [1.82, 2.24) is 5.32 Å². The van der Waals surface area contributed by atoms with Gasteiger partial charge in [0, 0.05) is 43.7 Å². The molecule has 2 rings (SSSR count). The van der Waals surface area contributed by atoms with Crippen molar-refractivity contribution in [1.29, 1.82) is 0 Å². The van der Waals surface area contributed by atoms with Crippen LogP contribution in [-0.2, 0) is 22.4 Å². The van der Waals surface area contributed by atoms with Gasteiger partial charge in [-0.2, -0.15) is 0 Å².